The van der Waals surface area contributed by atoms with Crippen molar-refractivity contribution in [2.75, 3.05) is 37.7 Å². The molecule has 0 radical (unpaired) electrons. The molecule has 0 aromatic carbocycles. The van der Waals surface area contributed by atoms with E-state index in [1.54, 1.807) is 0 Å². The van der Waals surface area contributed by atoms with Crippen LogP contribution in [-0.2, 0) is 0 Å². The highest BCUT2D eigenvalue weighted by molar-refractivity contribution is 5.46. The van der Waals surface area contributed by atoms with E-state index >= 15 is 0 Å². The second-order valence-electron chi connectivity index (χ2n) is 5.57. The van der Waals surface area contributed by atoms with Crippen LogP contribution < -0.4 is 15.0 Å². The zero-order valence-electron chi connectivity index (χ0n) is 11.5. The molecule has 0 saturated carbocycles. The van der Waals surface area contributed by atoms with Gasteiger partial charge in [0.2, 0.25) is 5.88 Å². The van der Waals surface area contributed by atoms with Crippen LogP contribution in [0.25, 0.3) is 0 Å². The molecule has 1 atom stereocenters. The van der Waals surface area contributed by atoms with E-state index in [-0.39, 0.29) is 0 Å². The van der Waals surface area contributed by atoms with Crippen LogP contribution in [0.2, 0.25) is 0 Å². The second-order valence-corrected chi connectivity index (χ2v) is 5.57. The van der Waals surface area contributed by atoms with Gasteiger partial charge in [-0.2, -0.15) is 0 Å². The van der Waals surface area contributed by atoms with Crippen molar-refractivity contribution < 1.29 is 4.74 Å². The smallest absolute Gasteiger partial charge is 0.213 e. The first kappa shape index (κ1) is 12.7. The molecule has 19 heavy (non-hydrogen) atoms. The Morgan fingerprint density at radius 3 is 2.84 bits per heavy atom. The fourth-order valence-electron chi connectivity index (χ4n) is 2.89. The van der Waals surface area contributed by atoms with Gasteiger partial charge in [-0.25, -0.2) is 4.98 Å². The van der Waals surface area contributed by atoms with Crippen LogP contribution in [-0.4, -0.2) is 37.8 Å². The molecule has 1 unspecified atom stereocenters. The van der Waals surface area contributed by atoms with Gasteiger partial charge in [0.1, 0.15) is 0 Å². The Hall–Kier alpha value is -1.29. The molecule has 2 saturated heterocycles. The average Bonchev–Trinajstić information content (AvgIpc) is 3.01. The van der Waals surface area contributed by atoms with Gasteiger partial charge in [-0.3, -0.25) is 0 Å². The van der Waals surface area contributed by atoms with Crippen LogP contribution in [0, 0.1) is 5.92 Å². The lowest BCUT2D eigenvalue weighted by Gasteiger charge is -2.22. The highest BCUT2D eigenvalue weighted by Crippen LogP contribution is 2.21. The van der Waals surface area contributed by atoms with Crippen LogP contribution in [0.1, 0.15) is 25.7 Å². The minimum atomic E-state index is 0.633. The molecule has 0 spiro atoms. The largest absolute Gasteiger partial charge is 0.477 e. The zero-order chi connectivity index (χ0) is 12.9. The number of hydrogen-bond acceptors (Lipinski definition) is 4. The zero-order valence-corrected chi connectivity index (χ0v) is 11.5. The highest BCUT2D eigenvalue weighted by Gasteiger charge is 2.15. The number of nitrogens with one attached hydrogen (secondary N) is 1. The molecule has 0 amide bonds. The summed E-state index contributed by atoms with van der Waals surface area (Å²) in [5, 5.41) is 3.41. The fourth-order valence-corrected chi connectivity index (χ4v) is 2.89. The summed E-state index contributed by atoms with van der Waals surface area (Å²) in [7, 11) is 0. The summed E-state index contributed by atoms with van der Waals surface area (Å²) >= 11 is 0. The molecule has 104 valence electrons. The summed E-state index contributed by atoms with van der Waals surface area (Å²) in [4.78, 5) is 6.81. The SMILES string of the molecule is c1cc(OCC2CCCNC2)ncc1N1CCCC1. The van der Waals surface area contributed by atoms with Crippen molar-refractivity contribution in [2.24, 2.45) is 5.92 Å². The maximum atomic E-state index is 5.79. The summed E-state index contributed by atoms with van der Waals surface area (Å²) < 4.78 is 5.79. The van der Waals surface area contributed by atoms with Gasteiger partial charge >= 0.3 is 0 Å². The lowest BCUT2D eigenvalue weighted by atomic mass is 10.0. The van der Waals surface area contributed by atoms with E-state index in [0.29, 0.717) is 5.92 Å². The predicted molar refractivity (Wildman–Crippen MR) is 76.8 cm³/mol. The maximum Gasteiger partial charge on any atom is 0.213 e. The molecule has 2 fully saturated rings. The quantitative estimate of drug-likeness (QED) is 0.900. The standard InChI is InChI=1S/C15H23N3O/c1-2-9-18(8-1)14-5-6-15(17-11-14)19-12-13-4-3-7-16-10-13/h5-6,11,13,16H,1-4,7-10,12H2. The van der Waals surface area contributed by atoms with Gasteiger partial charge in [-0.05, 0) is 38.3 Å². The number of ether oxygens (including phenoxy) is 1. The van der Waals surface area contributed by atoms with Crippen molar-refractivity contribution in [3.8, 4) is 5.88 Å². The first-order chi connectivity index (χ1) is 9.42. The summed E-state index contributed by atoms with van der Waals surface area (Å²) in [6.07, 6.45) is 7.06. The first-order valence-electron chi connectivity index (χ1n) is 7.46. The van der Waals surface area contributed by atoms with E-state index in [1.807, 2.05) is 12.3 Å². The molecule has 3 heterocycles. The number of aromatic nitrogens is 1. The van der Waals surface area contributed by atoms with Crippen molar-refractivity contribution in [3.05, 3.63) is 18.3 Å². The van der Waals surface area contributed by atoms with Crippen LogP contribution in [0.5, 0.6) is 5.88 Å². The predicted octanol–water partition coefficient (Wildman–Crippen LogP) is 2.06. The van der Waals surface area contributed by atoms with Gasteiger partial charge < -0.3 is 15.0 Å². The Balaban J connectivity index is 1.50. The van der Waals surface area contributed by atoms with Gasteiger partial charge in [0.05, 0.1) is 18.5 Å². The second kappa shape index (κ2) is 6.24. The molecule has 1 aromatic rings. The Morgan fingerprint density at radius 1 is 1.26 bits per heavy atom. The monoisotopic (exact) mass is 261 g/mol. The van der Waals surface area contributed by atoms with E-state index in [2.05, 4.69) is 21.3 Å². The number of rotatable bonds is 4. The highest BCUT2D eigenvalue weighted by atomic mass is 16.5. The van der Waals surface area contributed by atoms with Gasteiger partial charge in [0, 0.05) is 31.6 Å². The number of pyridine rings is 1. The minimum absolute atomic E-state index is 0.633. The fraction of sp³-hybridized carbons (Fsp3) is 0.667. The molecule has 4 nitrogen and oxygen atoms in total. The van der Waals surface area contributed by atoms with Crippen molar-refractivity contribution in [2.45, 2.75) is 25.7 Å². The van der Waals surface area contributed by atoms with Crippen molar-refractivity contribution in [3.63, 3.8) is 0 Å². The van der Waals surface area contributed by atoms with E-state index < -0.39 is 0 Å². The Kier molecular flexibility index (Phi) is 4.18. The normalized spacial score (nSPS) is 23.6. The average molecular weight is 261 g/mol. The molecular formula is C15H23N3O. The number of hydrogen-bond donors (Lipinski definition) is 1. The van der Waals surface area contributed by atoms with Crippen molar-refractivity contribution >= 4 is 5.69 Å². The van der Waals surface area contributed by atoms with E-state index in [9.17, 15) is 0 Å². The van der Waals surface area contributed by atoms with Crippen molar-refractivity contribution in [1.29, 1.82) is 0 Å². The Bertz CT molecular complexity index is 381. The lowest BCUT2D eigenvalue weighted by molar-refractivity contribution is 0.212. The van der Waals surface area contributed by atoms with Gasteiger partial charge in [-0.1, -0.05) is 0 Å². The van der Waals surface area contributed by atoms with Gasteiger partial charge in [0.25, 0.3) is 0 Å². The third kappa shape index (κ3) is 3.38. The van der Waals surface area contributed by atoms with Gasteiger partial charge in [0.15, 0.2) is 0 Å². The summed E-state index contributed by atoms with van der Waals surface area (Å²) in [5.41, 5.74) is 1.23. The number of piperidine rings is 1. The van der Waals surface area contributed by atoms with Crippen LogP contribution in [0.4, 0.5) is 5.69 Å². The van der Waals surface area contributed by atoms with Crippen LogP contribution in [0.15, 0.2) is 18.3 Å². The molecule has 2 aliphatic heterocycles. The van der Waals surface area contributed by atoms with Crippen LogP contribution >= 0.6 is 0 Å². The summed E-state index contributed by atoms with van der Waals surface area (Å²) in [6.45, 7) is 5.33. The lowest BCUT2D eigenvalue weighted by Crippen LogP contribution is -2.33. The third-order valence-electron chi connectivity index (χ3n) is 4.06. The van der Waals surface area contributed by atoms with Crippen molar-refractivity contribution in [1.82, 2.24) is 10.3 Å². The summed E-state index contributed by atoms with van der Waals surface area (Å²) in [5.74, 6) is 1.39. The molecule has 3 rings (SSSR count). The molecule has 1 aromatic heterocycles. The first-order valence-corrected chi connectivity index (χ1v) is 7.46. The Morgan fingerprint density at radius 2 is 2.16 bits per heavy atom. The minimum Gasteiger partial charge on any atom is -0.477 e. The molecule has 1 N–H and O–H groups in total. The number of nitrogens with zero attached hydrogens (tertiary/aromatic N) is 2. The van der Waals surface area contributed by atoms with E-state index in [1.165, 1.54) is 31.4 Å². The third-order valence-corrected chi connectivity index (χ3v) is 4.06. The maximum absolute atomic E-state index is 5.79. The topological polar surface area (TPSA) is 37.4 Å². The number of anilines is 1. The molecule has 0 bridgehead atoms. The van der Waals surface area contributed by atoms with Gasteiger partial charge in [-0.15, -0.1) is 0 Å². The van der Waals surface area contributed by atoms with E-state index in [4.69, 9.17) is 4.74 Å². The molecule has 2 aliphatic rings. The van der Waals surface area contributed by atoms with E-state index in [0.717, 1.165) is 38.7 Å². The Labute approximate surface area is 115 Å². The molecule has 0 aliphatic carbocycles. The molecule has 4 heteroatoms. The molecular weight excluding hydrogens is 238 g/mol. The van der Waals surface area contributed by atoms with Crippen LogP contribution in [0.3, 0.4) is 0 Å². The summed E-state index contributed by atoms with van der Waals surface area (Å²) in [6, 6.07) is 4.14.